The van der Waals surface area contributed by atoms with Crippen molar-refractivity contribution in [2.75, 3.05) is 0 Å². The predicted octanol–water partition coefficient (Wildman–Crippen LogP) is 4.50. The van der Waals surface area contributed by atoms with Gasteiger partial charge in [0.1, 0.15) is 0 Å². The van der Waals surface area contributed by atoms with Crippen molar-refractivity contribution in [1.82, 2.24) is 0 Å². The normalized spacial score (nSPS) is 24.0. The first kappa shape index (κ1) is 15.3. The minimum atomic E-state index is -1.45. The molecular weight excluding hydrogens is 262 g/mol. The second kappa shape index (κ2) is 5.35. The Morgan fingerprint density at radius 2 is 1.85 bits per heavy atom. The van der Waals surface area contributed by atoms with Crippen molar-refractivity contribution in [2.45, 2.75) is 63.1 Å². The van der Waals surface area contributed by atoms with Gasteiger partial charge in [-0.2, -0.15) is 5.26 Å². The Hall–Kier alpha value is -1.11. The van der Waals surface area contributed by atoms with Gasteiger partial charge in [-0.3, -0.25) is 0 Å². The molecule has 1 saturated heterocycles. The van der Waals surface area contributed by atoms with Crippen molar-refractivity contribution < 1.29 is 4.74 Å². The van der Waals surface area contributed by atoms with Crippen LogP contribution in [0.4, 0.5) is 0 Å². The third-order valence-corrected chi connectivity index (χ3v) is 10.8. The van der Waals surface area contributed by atoms with Crippen LogP contribution >= 0.6 is 0 Å². The number of nitrogens with zero attached hydrogens (tertiary/aromatic N) is 1. The average molecular weight is 287 g/mol. The monoisotopic (exact) mass is 287 g/mol. The largest absolute Gasteiger partial charge is 0.373 e. The van der Waals surface area contributed by atoms with E-state index in [0.29, 0.717) is 10.8 Å². The van der Waals surface area contributed by atoms with Crippen LogP contribution in [0.1, 0.15) is 38.7 Å². The second-order valence-corrected chi connectivity index (χ2v) is 12.9. The van der Waals surface area contributed by atoms with Crippen molar-refractivity contribution in [3.8, 4) is 6.07 Å². The molecule has 1 aromatic carbocycles. The van der Waals surface area contributed by atoms with Crippen molar-refractivity contribution in [1.29, 1.82) is 5.26 Å². The van der Waals surface area contributed by atoms with E-state index in [4.69, 9.17) is 4.74 Å². The van der Waals surface area contributed by atoms with Gasteiger partial charge in [0.15, 0.2) is 0 Å². The van der Waals surface area contributed by atoms with Crippen molar-refractivity contribution >= 4 is 8.07 Å². The van der Waals surface area contributed by atoms with Crippen LogP contribution in [0.5, 0.6) is 0 Å². The Morgan fingerprint density at radius 1 is 1.25 bits per heavy atom. The number of benzene rings is 1. The summed E-state index contributed by atoms with van der Waals surface area (Å²) >= 11 is 0. The summed E-state index contributed by atoms with van der Waals surface area (Å²) in [7, 11) is -1.45. The highest BCUT2D eigenvalue weighted by molar-refractivity contribution is 6.82. The minimum absolute atomic E-state index is 0.0454. The molecule has 2 nitrogen and oxygen atoms in total. The maximum Gasteiger partial charge on any atom is 0.0902 e. The Morgan fingerprint density at radius 3 is 2.35 bits per heavy atom. The van der Waals surface area contributed by atoms with Gasteiger partial charge in [-0.25, -0.2) is 0 Å². The maximum atomic E-state index is 9.41. The molecule has 0 unspecified atom stereocenters. The predicted molar refractivity (Wildman–Crippen MR) is 85.3 cm³/mol. The van der Waals surface area contributed by atoms with Crippen molar-refractivity contribution in [3.63, 3.8) is 0 Å². The number of ether oxygens (including phenoxy) is 1. The summed E-state index contributed by atoms with van der Waals surface area (Å²) in [6, 6.07) is 12.5. The van der Waals surface area contributed by atoms with Gasteiger partial charge in [-0.05, 0) is 17.0 Å². The molecule has 1 aliphatic rings. The van der Waals surface area contributed by atoms with E-state index in [0.717, 1.165) is 12.0 Å². The molecule has 0 saturated carbocycles. The number of nitriles is 1. The molecule has 3 heteroatoms. The van der Waals surface area contributed by atoms with E-state index in [2.05, 4.69) is 39.9 Å². The highest BCUT2D eigenvalue weighted by Gasteiger charge is 2.55. The number of rotatable bonds is 4. The van der Waals surface area contributed by atoms with E-state index in [-0.39, 0.29) is 12.0 Å². The summed E-state index contributed by atoms with van der Waals surface area (Å²) in [6.45, 7) is 11.8. The molecule has 1 heterocycles. The van der Waals surface area contributed by atoms with Gasteiger partial charge in [-0.1, -0.05) is 64.2 Å². The molecule has 2 rings (SSSR count). The molecule has 0 bridgehead atoms. The molecule has 0 aromatic heterocycles. The Bertz CT molecular complexity index is 498. The molecule has 0 spiro atoms. The van der Waals surface area contributed by atoms with Gasteiger partial charge in [0, 0.05) is 0 Å². The quantitative estimate of drug-likeness (QED) is 0.604. The topological polar surface area (TPSA) is 36.3 Å². The van der Waals surface area contributed by atoms with E-state index in [1.165, 1.54) is 0 Å². The number of hydrogen-bond donors (Lipinski definition) is 0. The van der Waals surface area contributed by atoms with Gasteiger partial charge in [-0.15, -0.1) is 0 Å². The summed E-state index contributed by atoms with van der Waals surface area (Å²) in [4.78, 5) is 0. The third kappa shape index (κ3) is 2.97. The fourth-order valence-corrected chi connectivity index (χ4v) is 5.00. The maximum absolute atomic E-state index is 9.41. The average Bonchev–Trinajstić information content (AvgIpc) is 3.15. The fraction of sp³-hybridized carbons (Fsp3) is 0.588. The molecule has 1 fully saturated rings. The molecule has 0 N–H and O–H groups in total. The standard InChI is InChI=1S/C17H25NOSi/c1-17(2,3)20(4,5)16-15(19-16)11-14(12-18)13-9-7-6-8-10-13/h6-10,14-16H,11H2,1-5H3/t14-,15+,16+/m0/s1. The summed E-state index contributed by atoms with van der Waals surface area (Å²) in [6.07, 6.45) is 1.11. The Labute approximate surface area is 123 Å². The summed E-state index contributed by atoms with van der Waals surface area (Å²) in [5.74, 6) is -0.0454. The lowest BCUT2D eigenvalue weighted by Gasteiger charge is -2.35. The van der Waals surface area contributed by atoms with Gasteiger partial charge in [0.05, 0.1) is 31.9 Å². The lowest BCUT2D eigenvalue weighted by molar-refractivity contribution is 0.377. The van der Waals surface area contributed by atoms with Gasteiger partial charge in [0.25, 0.3) is 0 Å². The summed E-state index contributed by atoms with van der Waals surface area (Å²) < 4.78 is 5.97. The first-order chi connectivity index (χ1) is 9.27. The van der Waals surface area contributed by atoms with E-state index in [1.54, 1.807) is 0 Å². The van der Waals surface area contributed by atoms with Gasteiger partial charge in [0.2, 0.25) is 0 Å². The van der Waals surface area contributed by atoms with Crippen LogP contribution in [0, 0.1) is 11.3 Å². The summed E-state index contributed by atoms with van der Waals surface area (Å²) in [5, 5.41) is 9.75. The lowest BCUT2D eigenvalue weighted by atomic mass is 9.96. The van der Waals surface area contributed by atoms with E-state index in [9.17, 15) is 5.26 Å². The van der Waals surface area contributed by atoms with Gasteiger partial charge < -0.3 is 4.74 Å². The van der Waals surface area contributed by atoms with Crippen LogP contribution in [0.25, 0.3) is 0 Å². The zero-order valence-electron chi connectivity index (χ0n) is 13.2. The van der Waals surface area contributed by atoms with Crippen LogP contribution < -0.4 is 0 Å². The SMILES string of the molecule is CC(C)(C)[Si](C)(C)[C@H]1O[C@@H]1C[C@@H](C#N)c1ccccc1. The molecular formula is C17H25NOSi. The molecule has 20 heavy (non-hydrogen) atoms. The van der Waals surface area contributed by atoms with Crippen LogP contribution in [0.2, 0.25) is 18.1 Å². The Balaban J connectivity index is 2.02. The smallest absolute Gasteiger partial charge is 0.0902 e. The van der Waals surface area contributed by atoms with Crippen molar-refractivity contribution in [3.05, 3.63) is 35.9 Å². The molecule has 108 valence electrons. The first-order valence-corrected chi connectivity index (χ1v) is 10.4. The number of epoxide rings is 1. The molecule has 3 atom stereocenters. The highest BCUT2D eigenvalue weighted by atomic mass is 28.3. The number of hydrogen-bond acceptors (Lipinski definition) is 2. The zero-order valence-corrected chi connectivity index (χ0v) is 14.2. The van der Waals surface area contributed by atoms with Crippen molar-refractivity contribution in [2.24, 2.45) is 0 Å². The second-order valence-electron chi connectivity index (χ2n) is 7.39. The molecule has 0 radical (unpaired) electrons. The van der Waals surface area contributed by atoms with E-state index < -0.39 is 8.07 Å². The summed E-state index contributed by atoms with van der Waals surface area (Å²) in [5.41, 5.74) is 1.52. The zero-order chi connectivity index (χ0) is 15.0. The van der Waals surface area contributed by atoms with E-state index >= 15 is 0 Å². The van der Waals surface area contributed by atoms with Crippen LogP contribution in [-0.2, 0) is 4.74 Å². The van der Waals surface area contributed by atoms with E-state index in [1.807, 2.05) is 30.3 Å². The molecule has 0 aliphatic carbocycles. The fourth-order valence-electron chi connectivity index (χ4n) is 2.56. The molecule has 1 aliphatic heterocycles. The molecule has 1 aromatic rings. The molecule has 0 amide bonds. The Kier molecular flexibility index (Phi) is 4.08. The lowest BCUT2D eigenvalue weighted by Crippen LogP contribution is -2.44. The first-order valence-electron chi connectivity index (χ1n) is 7.37. The highest BCUT2D eigenvalue weighted by Crippen LogP contribution is 2.48. The van der Waals surface area contributed by atoms with Crippen LogP contribution in [0.3, 0.4) is 0 Å². The van der Waals surface area contributed by atoms with Crippen LogP contribution in [-0.4, -0.2) is 19.9 Å². The minimum Gasteiger partial charge on any atom is -0.373 e. The van der Waals surface area contributed by atoms with Crippen LogP contribution in [0.15, 0.2) is 30.3 Å². The van der Waals surface area contributed by atoms with Gasteiger partial charge >= 0.3 is 0 Å². The third-order valence-electron chi connectivity index (χ3n) is 5.05.